The van der Waals surface area contributed by atoms with Crippen molar-refractivity contribution >= 4 is 37.9 Å². The van der Waals surface area contributed by atoms with Crippen molar-refractivity contribution in [1.82, 2.24) is 0 Å². The predicted molar refractivity (Wildman–Crippen MR) is 39.7 cm³/mol. The van der Waals surface area contributed by atoms with Crippen LogP contribution in [0, 0.1) is 4.58 Å². The van der Waals surface area contributed by atoms with Crippen LogP contribution < -0.4 is 0 Å². The van der Waals surface area contributed by atoms with Gasteiger partial charge < -0.3 is 0 Å². The first-order valence-electron chi connectivity index (χ1n) is 1.57. The van der Waals surface area contributed by atoms with Crippen LogP contribution in [-0.2, 0) is 0 Å². The highest BCUT2D eigenvalue weighted by atomic mass is 32.2. The highest BCUT2D eigenvalue weighted by Crippen LogP contribution is 2.19. The van der Waals surface area contributed by atoms with Gasteiger partial charge >= 0.3 is 0 Å². The minimum Gasteiger partial charge on any atom is -0.174 e. The standard InChI is InChI=1S/C3H7S3/c1-2(4)3(5)6/h2,4-6H,1H3. The third kappa shape index (κ3) is 3.25. The van der Waals surface area contributed by atoms with Crippen LogP contribution in [0.3, 0.4) is 0 Å². The zero-order valence-electron chi connectivity index (χ0n) is 3.42. The summed E-state index contributed by atoms with van der Waals surface area (Å²) < 4.78 is 0.762. The summed E-state index contributed by atoms with van der Waals surface area (Å²) in [5, 5.41) is 0.191. The summed E-state index contributed by atoms with van der Waals surface area (Å²) in [4.78, 5) is 0. The second kappa shape index (κ2) is 3.10. The lowest BCUT2D eigenvalue weighted by Gasteiger charge is -2.01. The van der Waals surface area contributed by atoms with Crippen LogP contribution in [-0.4, -0.2) is 5.25 Å². The van der Waals surface area contributed by atoms with Gasteiger partial charge in [0.1, 0.15) is 0 Å². The Bertz CT molecular complexity index is 27.0. The Hall–Kier alpha value is 1.05. The van der Waals surface area contributed by atoms with Gasteiger partial charge in [0.05, 0.1) is 4.58 Å². The normalized spacial score (nSPS) is 15.5. The molecule has 1 radical (unpaired) electrons. The molecule has 6 heavy (non-hydrogen) atoms. The topological polar surface area (TPSA) is 0 Å². The smallest absolute Gasteiger partial charge is 0.0908 e. The van der Waals surface area contributed by atoms with Crippen LogP contribution in [0.25, 0.3) is 0 Å². The molecule has 0 spiro atoms. The first-order chi connectivity index (χ1) is 2.64. The Morgan fingerprint density at radius 2 is 1.67 bits per heavy atom. The van der Waals surface area contributed by atoms with Crippen molar-refractivity contribution in [3.05, 3.63) is 4.58 Å². The van der Waals surface area contributed by atoms with Gasteiger partial charge in [-0.1, -0.05) is 6.92 Å². The summed E-state index contributed by atoms with van der Waals surface area (Å²) in [5.41, 5.74) is 0. The minimum atomic E-state index is 0.191. The van der Waals surface area contributed by atoms with Crippen molar-refractivity contribution in [2.75, 3.05) is 0 Å². The van der Waals surface area contributed by atoms with Gasteiger partial charge in [0.2, 0.25) is 0 Å². The molecule has 0 amide bonds. The van der Waals surface area contributed by atoms with Crippen LogP contribution in [0.15, 0.2) is 0 Å². The van der Waals surface area contributed by atoms with E-state index >= 15 is 0 Å². The molecule has 0 aliphatic carbocycles. The highest BCUT2D eigenvalue weighted by Gasteiger charge is 2.00. The lowest BCUT2D eigenvalue weighted by molar-refractivity contribution is 1.22. The highest BCUT2D eigenvalue weighted by molar-refractivity contribution is 8.04. The second-order valence-corrected chi connectivity index (χ2v) is 3.13. The van der Waals surface area contributed by atoms with E-state index in [1.54, 1.807) is 0 Å². The van der Waals surface area contributed by atoms with Gasteiger partial charge in [-0.25, -0.2) is 0 Å². The zero-order chi connectivity index (χ0) is 5.15. The molecule has 0 aromatic carbocycles. The molecule has 3 heteroatoms. The SMILES string of the molecule is CC(S)[C](S)S. The molecular weight excluding hydrogens is 132 g/mol. The van der Waals surface area contributed by atoms with E-state index < -0.39 is 0 Å². The fourth-order valence-electron chi connectivity index (χ4n) is 0. The fourth-order valence-corrected chi connectivity index (χ4v) is 0. The summed E-state index contributed by atoms with van der Waals surface area (Å²) in [6.45, 7) is 1.92. The van der Waals surface area contributed by atoms with Gasteiger partial charge in [-0.2, -0.15) is 37.9 Å². The first-order valence-corrected chi connectivity index (χ1v) is 2.98. The largest absolute Gasteiger partial charge is 0.174 e. The maximum atomic E-state index is 4.00. The van der Waals surface area contributed by atoms with Crippen molar-refractivity contribution < 1.29 is 0 Å². The number of thiol groups is 3. The molecule has 0 saturated heterocycles. The molecule has 0 nitrogen and oxygen atoms in total. The Balaban J connectivity index is 2.99. The molecule has 0 bridgehead atoms. The number of rotatable bonds is 1. The Morgan fingerprint density at radius 3 is 1.67 bits per heavy atom. The summed E-state index contributed by atoms with van der Waals surface area (Å²) in [6, 6.07) is 0. The summed E-state index contributed by atoms with van der Waals surface area (Å²) in [7, 11) is 0. The van der Waals surface area contributed by atoms with E-state index in [0.717, 1.165) is 4.58 Å². The molecule has 37 valence electrons. The predicted octanol–water partition coefficient (Wildman–Crippen LogP) is 1.65. The van der Waals surface area contributed by atoms with E-state index in [1.165, 1.54) is 0 Å². The first kappa shape index (κ1) is 7.05. The Morgan fingerprint density at radius 1 is 1.50 bits per heavy atom. The van der Waals surface area contributed by atoms with Crippen LogP contribution in [0.5, 0.6) is 0 Å². The van der Waals surface area contributed by atoms with Gasteiger partial charge in [-0.3, -0.25) is 0 Å². The average molecular weight is 139 g/mol. The summed E-state index contributed by atoms with van der Waals surface area (Å²) in [5.74, 6) is 0. The van der Waals surface area contributed by atoms with Crippen LogP contribution in [0.4, 0.5) is 0 Å². The molecule has 1 unspecified atom stereocenters. The second-order valence-electron chi connectivity index (χ2n) is 1.03. The summed E-state index contributed by atoms with van der Waals surface area (Å²) >= 11 is 11.8. The van der Waals surface area contributed by atoms with Gasteiger partial charge in [0, 0.05) is 5.25 Å². The molecule has 0 saturated carbocycles. The number of hydrogen-bond donors (Lipinski definition) is 3. The lowest BCUT2D eigenvalue weighted by atomic mass is 10.6. The molecule has 0 aromatic rings. The lowest BCUT2D eigenvalue weighted by Crippen LogP contribution is -1.91. The average Bonchev–Trinajstić information content (AvgIpc) is 1.36. The van der Waals surface area contributed by atoms with Crippen LogP contribution in [0.1, 0.15) is 6.92 Å². The fraction of sp³-hybridized carbons (Fsp3) is 0.667. The monoisotopic (exact) mass is 139 g/mol. The molecule has 0 aliphatic heterocycles. The van der Waals surface area contributed by atoms with Crippen molar-refractivity contribution in [2.45, 2.75) is 12.2 Å². The van der Waals surface area contributed by atoms with E-state index in [9.17, 15) is 0 Å². The van der Waals surface area contributed by atoms with Gasteiger partial charge in [0.15, 0.2) is 0 Å². The van der Waals surface area contributed by atoms with Crippen molar-refractivity contribution in [3.8, 4) is 0 Å². The molecule has 0 fully saturated rings. The molecular formula is C3H7S3. The Kier molecular flexibility index (Phi) is 3.65. The van der Waals surface area contributed by atoms with E-state index in [0.29, 0.717) is 0 Å². The zero-order valence-corrected chi connectivity index (χ0v) is 6.10. The van der Waals surface area contributed by atoms with E-state index in [1.807, 2.05) is 6.92 Å². The van der Waals surface area contributed by atoms with Gasteiger partial charge in [-0.15, -0.1) is 0 Å². The maximum absolute atomic E-state index is 4.00. The number of hydrogen-bond acceptors (Lipinski definition) is 3. The van der Waals surface area contributed by atoms with Gasteiger partial charge in [-0.05, 0) is 0 Å². The molecule has 0 heterocycles. The van der Waals surface area contributed by atoms with Crippen LogP contribution in [0.2, 0.25) is 0 Å². The quantitative estimate of drug-likeness (QED) is 0.452. The van der Waals surface area contributed by atoms with E-state index in [4.69, 9.17) is 0 Å². The van der Waals surface area contributed by atoms with Crippen molar-refractivity contribution in [2.24, 2.45) is 0 Å². The molecule has 0 rings (SSSR count). The molecule has 0 aliphatic rings. The van der Waals surface area contributed by atoms with E-state index in [2.05, 4.69) is 37.9 Å². The molecule has 0 N–H and O–H groups in total. The Labute approximate surface area is 54.9 Å². The third-order valence-corrected chi connectivity index (χ3v) is 1.81. The van der Waals surface area contributed by atoms with Gasteiger partial charge in [0.25, 0.3) is 0 Å². The van der Waals surface area contributed by atoms with E-state index in [-0.39, 0.29) is 5.25 Å². The molecule has 1 atom stereocenters. The van der Waals surface area contributed by atoms with Crippen molar-refractivity contribution in [3.63, 3.8) is 0 Å². The molecule has 0 aromatic heterocycles. The third-order valence-electron chi connectivity index (χ3n) is 0.374. The van der Waals surface area contributed by atoms with Crippen molar-refractivity contribution in [1.29, 1.82) is 0 Å². The maximum Gasteiger partial charge on any atom is 0.0908 e. The van der Waals surface area contributed by atoms with Crippen LogP contribution >= 0.6 is 37.9 Å². The minimum absolute atomic E-state index is 0.191. The summed E-state index contributed by atoms with van der Waals surface area (Å²) in [6.07, 6.45) is 0.